The summed E-state index contributed by atoms with van der Waals surface area (Å²) in [4.78, 5) is 9.90. The maximum Gasteiger partial charge on any atom is 0.257 e. The molecular weight excluding hydrogens is 234 g/mol. The summed E-state index contributed by atoms with van der Waals surface area (Å²) >= 11 is 0. The van der Waals surface area contributed by atoms with E-state index in [1.54, 1.807) is 0 Å². The quantitative estimate of drug-likeness (QED) is 0.404. The van der Waals surface area contributed by atoms with Gasteiger partial charge >= 0.3 is 0 Å². The Balaban J connectivity index is 0.00000106. The standard InChI is InChI=1S/C6H10N4O3S.CH5N/c7-14(12,13)6-1-3-10(9-6)4-2-8-5-11;1-2/h1,3,5H,2,4H2,(H,8,11)(H2,7,12,13);2H2,1H3. The van der Waals surface area contributed by atoms with Crippen molar-refractivity contribution < 1.29 is 13.2 Å². The van der Waals surface area contributed by atoms with E-state index >= 15 is 0 Å². The zero-order valence-electron chi connectivity index (χ0n) is 8.83. The molecule has 5 N–H and O–H groups in total. The van der Waals surface area contributed by atoms with Gasteiger partial charge in [-0.15, -0.1) is 0 Å². The molecule has 0 spiro atoms. The Morgan fingerprint density at radius 3 is 2.62 bits per heavy atom. The molecule has 9 heteroatoms. The van der Waals surface area contributed by atoms with Crippen LogP contribution in [0.25, 0.3) is 0 Å². The Morgan fingerprint density at radius 1 is 1.56 bits per heavy atom. The molecule has 1 aromatic rings. The number of nitrogens with zero attached hydrogens (tertiary/aromatic N) is 2. The summed E-state index contributed by atoms with van der Waals surface area (Å²) in [5.74, 6) is 0. The second-order valence-electron chi connectivity index (χ2n) is 2.53. The number of hydrogen-bond donors (Lipinski definition) is 3. The van der Waals surface area contributed by atoms with E-state index in [4.69, 9.17) is 5.14 Å². The molecule has 16 heavy (non-hydrogen) atoms. The lowest BCUT2D eigenvalue weighted by Crippen LogP contribution is -2.19. The third-order valence-electron chi connectivity index (χ3n) is 1.48. The maximum absolute atomic E-state index is 10.8. The van der Waals surface area contributed by atoms with E-state index in [-0.39, 0.29) is 5.03 Å². The molecule has 0 aliphatic carbocycles. The number of carbonyl (C=O) groups excluding carboxylic acids is 1. The summed E-state index contributed by atoms with van der Waals surface area (Å²) in [5, 5.41) is 10.8. The number of nitrogens with one attached hydrogen (secondary N) is 1. The van der Waals surface area contributed by atoms with Gasteiger partial charge in [0.2, 0.25) is 6.41 Å². The van der Waals surface area contributed by atoms with Crippen molar-refractivity contribution in [3.8, 4) is 0 Å². The molecule has 0 atom stereocenters. The van der Waals surface area contributed by atoms with Gasteiger partial charge in [-0.05, 0) is 13.1 Å². The van der Waals surface area contributed by atoms with Crippen LogP contribution in [0.15, 0.2) is 17.3 Å². The molecule has 0 bridgehead atoms. The first kappa shape index (κ1) is 14.6. The number of hydrogen-bond acceptors (Lipinski definition) is 5. The van der Waals surface area contributed by atoms with E-state index in [0.29, 0.717) is 19.5 Å². The largest absolute Gasteiger partial charge is 0.357 e. The molecule has 0 aliphatic rings. The molecule has 0 saturated heterocycles. The van der Waals surface area contributed by atoms with Crippen molar-refractivity contribution >= 4 is 16.4 Å². The minimum Gasteiger partial charge on any atom is -0.357 e. The predicted octanol–water partition coefficient (Wildman–Crippen LogP) is -2.15. The van der Waals surface area contributed by atoms with Crippen molar-refractivity contribution in [3.05, 3.63) is 12.3 Å². The lowest BCUT2D eigenvalue weighted by Gasteiger charge is -1.98. The van der Waals surface area contributed by atoms with Crippen molar-refractivity contribution in [2.45, 2.75) is 11.6 Å². The fourth-order valence-electron chi connectivity index (χ4n) is 0.857. The fourth-order valence-corrected chi connectivity index (χ4v) is 1.33. The number of aromatic nitrogens is 2. The minimum atomic E-state index is -3.73. The number of carbonyl (C=O) groups is 1. The van der Waals surface area contributed by atoms with Crippen LogP contribution in [-0.2, 0) is 21.4 Å². The average molecular weight is 249 g/mol. The van der Waals surface area contributed by atoms with Crippen molar-refractivity contribution in [1.82, 2.24) is 15.1 Å². The van der Waals surface area contributed by atoms with Crippen molar-refractivity contribution in [2.75, 3.05) is 13.6 Å². The highest BCUT2D eigenvalue weighted by atomic mass is 32.2. The normalized spacial score (nSPS) is 10.2. The van der Waals surface area contributed by atoms with Gasteiger partial charge in [0.05, 0.1) is 6.54 Å². The van der Waals surface area contributed by atoms with Crippen LogP contribution in [0, 0.1) is 0 Å². The number of amides is 1. The molecule has 0 unspecified atom stereocenters. The van der Waals surface area contributed by atoms with Crippen molar-refractivity contribution in [1.29, 1.82) is 0 Å². The van der Waals surface area contributed by atoms with Crippen LogP contribution in [0.3, 0.4) is 0 Å². The number of sulfonamides is 1. The summed E-state index contributed by atoms with van der Waals surface area (Å²) in [7, 11) is -2.23. The van der Waals surface area contributed by atoms with Gasteiger partial charge in [-0.25, -0.2) is 13.6 Å². The van der Waals surface area contributed by atoms with Crippen molar-refractivity contribution in [3.63, 3.8) is 0 Å². The Kier molecular flexibility index (Phi) is 6.30. The Hall–Kier alpha value is -1.45. The van der Waals surface area contributed by atoms with Gasteiger partial charge < -0.3 is 11.1 Å². The third kappa shape index (κ3) is 4.87. The molecule has 8 nitrogen and oxygen atoms in total. The molecule has 0 radical (unpaired) electrons. The van der Waals surface area contributed by atoms with Gasteiger partial charge in [-0.2, -0.15) is 5.10 Å². The molecule has 1 aromatic heterocycles. The molecule has 0 saturated carbocycles. The van der Waals surface area contributed by atoms with Crippen LogP contribution in [0.1, 0.15) is 0 Å². The van der Waals surface area contributed by atoms with E-state index in [1.807, 2.05) is 0 Å². The van der Waals surface area contributed by atoms with Crippen LogP contribution in [0.2, 0.25) is 0 Å². The molecule has 1 rings (SSSR count). The molecule has 1 amide bonds. The SMILES string of the molecule is CN.NS(=O)(=O)c1ccn(CCNC=O)n1. The first-order chi connectivity index (χ1) is 7.54. The Bertz CT molecular complexity index is 413. The van der Waals surface area contributed by atoms with Crippen LogP contribution >= 0.6 is 0 Å². The third-order valence-corrected chi connectivity index (χ3v) is 2.28. The van der Waals surface area contributed by atoms with Crippen LogP contribution < -0.4 is 16.2 Å². The Morgan fingerprint density at radius 2 is 2.19 bits per heavy atom. The van der Waals surface area contributed by atoms with E-state index < -0.39 is 10.0 Å². The fraction of sp³-hybridized carbons (Fsp3) is 0.429. The smallest absolute Gasteiger partial charge is 0.257 e. The van der Waals surface area contributed by atoms with Crippen LogP contribution in [0.4, 0.5) is 0 Å². The Labute approximate surface area is 93.7 Å². The summed E-state index contributed by atoms with van der Waals surface area (Å²) in [6.07, 6.45) is 2.04. The second-order valence-corrected chi connectivity index (χ2v) is 4.04. The van der Waals surface area contributed by atoms with E-state index in [2.05, 4.69) is 16.1 Å². The van der Waals surface area contributed by atoms with Gasteiger partial charge in [0.1, 0.15) is 0 Å². The first-order valence-corrected chi connectivity index (χ1v) is 5.89. The summed E-state index contributed by atoms with van der Waals surface area (Å²) in [5.41, 5.74) is 4.50. The zero-order valence-corrected chi connectivity index (χ0v) is 9.64. The van der Waals surface area contributed by atoms with Crippen LogP contribution in [0.5, 0.6) is 0 Å². The second kappa shape index (κ2) is 6.93. The molecule has 1 heterocycles. The minimum absolute atomic E-state index is 0.177. The summed E-state index contributed by atoms with van der Waals surface area (Å²) < 4.78 is 23.0. The van der Waals surface area contributed by atoms with Gasteiger partial charge in [-0.1, -0.05) is 0 Å². The summed E-state index contributed by atoms with van der Waals surface area (Å²) in [6, 6.07) is 1.30. The van der Waals surface area contributed by atoms with Gasteiger partial charge in [0.25, 0.3) is 10.0 Å². The number of primary sulfonamides is 1. The topological polar surface area (TPSA) is 133 Å². The zero-order chi connectivity index (χ0) is 12.6. The predicted molar refractivity (Wildman–Crippen MR) is 57.8 cm³/mol. The molecule has 0 aromatic carbocycles. The lowest BCUT2D eigenvalue weighted by molar-refractivity contribution is -0.109. The number of rotatable bonds is 5. The van der Waals surface area contributed by atoms with E-state index in [9.17, 15) is 13.2 Å². The average Bonchev–Trinajstić information content (AvgIpc) is 2.69. The maximum atomic E-state index is 10.8. The molecule has 0 fully saturated rings. The van der Waals surface area contributed by atoms with Gasteiger partial charge in [0.15, 0.2) is 5.03 Å². The first-order valence-electron chi connectivity index (χ1n) is 4.35. The molecular formula is C7H15N5O3S. The molecule has 0 aliphatic heterocycles. The number of nitrogens with two attached hydrogens (primary N) is 2. The van der Waals surface area contributed by atoms with Crippen LogP contribution in [-0.4, -0.2) is 38.2 Å². The monoisotopic (exact) mass is 249 g/mol. The summed E-state index contributed by atoms with van der Waals surface area (Å²) in [6.45, 7) is 0.781. The van der Waals surface area contributed by atoms with E-state index in [0.717, 1.165) is 0 Å². The van der Waals surface area contributed by atoms with Gasteiger partial charge in [0, 0.05) is 12.7 Å². The highest BCUT2D eigenvalue weighted by molar-refractivity contribution is 7.89. The highest BCUT2D eigenvalue weighted by Crippen LogP contribution is 2.00. The lowest BCUT2D eigenvalue weighted by atomic mass is 10.6. The van der Waals surface area contributed by atoms with E-state index in [1.165, 1.54) is 24.0 Å². The van der Waals surface area contributed by atoms with Crippen molar-refractivity contribution in [2.24, 2.45) is 10.9 Å². The highest BCUT2D eigenvalue weighted by Gasteiger charge is 2.10. The molecule has 92 valence electrons. The van der Waals surface area contributed by atoms with Gasteiger partial charge in [-0.3, -0.25) is 9.48 Å².